The number of methoxy groups -OCH3 is 1. The molecule has 0 spiro atoms. The normalized spacial score (nSPS) is 15.9. The number of anilines is 1. The number of aryl methyl sites for hydroxylation is 1. The van der Waals surface area contributed by atoms with Gasteiger partial charge in [0, 0.05) is 51.1 Å². The summed E-state index contributed by atoms with van der Waals surface area (Å²) in [6.45, 7) is 9.58. The maximum Gasteiger partial charge on any atom is 0.248 e. The van der Waals surface area contributed by atoms with Crippen LogP contribution in [0.3, 0.4) is 0 Å². The van der Waals surface area contributed by atoms with Gasteiger partial charge in [-0.1, -0.05) is 13.8 Å². The second-order valence-electron chi connectivity index (χ2n) is 6.90. The highest BCUT2D eigenvalue weighted by atomic mass is 16.5. The molecule has 0 N–H and O–H groups in total. The lowest BCUT2D eigenvalue weighted by Gasteiger charge is -2.24. The Bertz CT molecular complexity index is 755. The van der Waals surface area contributed by atoms with Gasteiger partial charge in [0.1, 0.15) is 12.4 Å². The van der Waals surface area contributed by atoms with Crippen molar-refractivity contribution in [3.63, 3.8) is 0 Å². The van der Waals surface area contributed by atoms with E-state index in [-0.39, 0.29) is 12.5 Å². The third-order valence-corrected chi connectivity index (χ3v) is 4.58. The fourth-order valence-electron chi connectivity index (χ4n) is 3.22. The summed E-state index contributed by atoms with van der Waals surface area (Å²) in [6.07, 6.45) is 0.927. The quantitative estimate of drug-likeness (QED) is 0.846. The molecule has 1 fully saturated rings. The van der Waals surface area contributed by atoms with Crippen LogP contribution >= 0.6 is 0 Å². The first-order chi connectivity index (χ1) is 12.0. The van der Waals surface area contributed by atoms with Crippen molar-refractivity contribution in [1.82, 2.24) is 19.5 Å². The van der Waals surface area contributed by atoms with E-state index in [0.29, 0.717) is 12.5 Å². The summed E-state index contributed by atoms with van der Waals surface area (Å²) in [4.78, 5) is 21.0. The molecule has 3 heterocycles. The second-order valence-corrected chi connectivity index (χ2v) is 6.90. The molecule has 1 aliphatic rings. The third kappa shape index (κ3) is 3.76. The molecular weight excluding hydrogens is 318 g/mol. The number of ether oxygens (including phenoxy) is 1. The van der Waals surface area contributed by atoms with Gasteiger partial charge in [-0.05, 0) is 19.3 Å². The first-order valence-electron chi connectivity index (χ1n) is 8.88. The molecule has 1 saturated heterocycles. The van der Waals surface area contributed by atoms with Crippen LogP contribution in [0.15, 0.2) is 12.1 Å². The molecule has 1 aliphatic heterocycles. The van der Waals surface area contributed by atoms with Crippen molar-refractivity contribution in [3.05, 3.63) is 23.5 Å². The van der Waals surface area contributed by atoms with E-state index in [9.17, 15) is 4.79 Å². The number of rotatable bonds is 4. The minimum Gasteiger partial charge on any atom is -0.375 e. The summed E-state index contributed by atoms with van der Waals surface area (Å²) >= 11 is 0. The van der Waals surface area contributed by atoms with Crippen molar-refractivity contribution in [2.75, 3.05) is 44.8 Å². The Labute approximate surface area is 148 Å². The predicted molar refractivity (Wildman–Crippen MR) is 97.1 cm³/mol. The summed E-state index contributed by atoms with van der Waals surface area (Å²) in [5.41, 5.74) is 2.91. The molecule has 0 bridgehead atoms. The topological polar surface area (TPSA) is 63.0 Å². The maximum atomic E-state index is 12.1. The number of carbonyl (C=O) groups excluding carboxylic acids is 1. The zero-order chi connectivity index (χ0) is 18.0. The Balaban J connectivity index is 1.89. The fourth-order valence-corrected chi connectivity index (χ4v) is 3.22. The van der Waals surface area contributed by atoms with E-state index in [1.54, 1.807) is 7.11 Å². The molecule has 25 heavy (non-hydrogen) atoms. The van der Waals surface area contributed by atoms with E-state index in [1.807, 2.05) is 22.4 Å². The van der Waals surface area contributed by atoms with Crippen LogP contribution in [0, 0.1) is 6.92 Å². The van der Waals surface area contributed by atoms with Crippen LogP contribution in [-0.2, 0) is 9.53 Å². The van der Waals surface area contributed by atoms with Gasteiger partial charge in [-0.25, -0.2) is 4.98 Å². The number of nitrogens with zero attached hydrogens (tertiary/aromatic N) is 5. The lowest BCUT2D eigenvalue weighted by molar-refractivity contribution is -0.134. The minimum absolute atomic E-state index is 0.0574. The number of hydrogen-bond donors (Lipinski definition) is 0. The molecule has 0 radical (unpaired) electrons. The van der Waals surface area contributed by atoms with Crippen LogP contribution in [0.4, 0.5) is 5.82 Å². The van der Waals surface area contributed by atoms with E-state index in [4.69, 9.17) is 9.72 Å². The molecule has 7 nitrogen and oxygen atoms in total. The molecule has 136 valence electrons. The minimum atomic E-state index is 0.0574. The zero-order valence-electron chi connectivity index (χ0n) is 15.5. The molecule has 0 atom stereocenters. The molecule has 2 aromatic rings. The van der Waals surface area contributed by atoms with E-state index < -0.39 is 0 Å². The van der Waals surface area contributed by atoms with Crippen molar-refractivity contribution >= 4 is 17.4 Å². The number of carbonyl (C=O) groups is 1. The van der Waals surface area contributed by atoms with E-state index >= 15 is 0 Å². The van der Waals surface area contributed by atoms with Gasteiger partial charge in [0.2, 0.25) is 5.91 Å². The van der Waals surface area contributed by atoms with Crippen molar-refractivity contribution in [3.8, 4) is 0 Å². The van der Waals surface area contributed by atoms with Crippen LogP contribution in [0.2, 0.25) is 0 Å². The Morgan fingerprint density at radius 2 is 2.04 bits per heavy atom. The Morgan fingerprint density at radius 3 is 2.76 bits per heavy atom. The van der Waals surface area contributed by atoms with Gasteiger partial charge in [-0.15, -0.1) is 0 Å². The summed E-state index contributed by atoms with van der Waals surface area (Å²) in [5, 5.41) is 4.61. The van der Waals surface area contributed by atoms with Crippen LogP contribution < -0.4 is 4.90 Å². The largest absolute Gasteiger partial charge is 0.375 e. The Hall–Kier alpha value is -2.15. The van der Waals surface area contributed by atoms with E-state index in [2.05, 4.69) is 29.9 Å². The van der Waals surface area contributed by atoms with Gasteiger partial charge in [0.15, 0.2) is 5.65 Å². The van der Waals surface area contributed by atoms with Crippen molar-refractivity contribution in [2.24, 2.45) is 0 Å². The maximum absolute atomic E-state index is 12.1. The summed E-state index contributed by atoms with van der Waals surface area (Å²) in [7, 11) is 1.56. The summed E-state index contributed by atoms with van der Waals surface area (Å²) < 4.78 is 6.91. The summed E-state index contributed by atoms with van der Waals surface area (Å²) in [6, 6.07) is 4.15. The first-order valence-corrected chi connectivity index (χ1v) is 8.88. The van der Waals surface area contributed by atoms with Gasteiger partial charge >= 0.3 is 0 Å². The third-order valence-electron chi connectivity index (χ3n) is 4.58. The standard InChI is InChI=1S/C18H27N5O2/c1-13(2)15-11-17(23-16(19-15)10-14(3)20-23)21-6-5-7-22(9-8-21)18(24)12-25-4/h10-11,13H,5-9,12H2,1-4H3. The van der Waals surface area contributed by atoms with Gasteiger partial charge < -0.3 is 14.5 Å². The molecule has 3 rings (SSSR count). The lowest BCUT2D eigenvalue weighted by atomic mass is 10.1. The number of amides is 1. The van der Waals surface area contributed by atoms with Gasteiger partial charge in [0.25, 0.3) is 0 Å². The number of aromatic nitrogens is 3. The van der Waals surface area contributed by atoms with Crippen LogP contribution in [0.25, 0.3) is 5.65 Å². The van der Waals surface area contributed by atoms with Gasteiger partial charge in [0.05, 0.1) is 5.69 Å². The first kappa shape index (κ1) is 17.7. The molecular formula is C18H27N5O2. The smallest absolute Gasteiger partial charge is 0.248 e. The van der Waals surface area contributed by atoms with Crippen LogP contribution in [0.1, 0.15) is 37.6 Å². The fraction of sp³-hybridized carbons (Fsp3) is 0.611. The second kappa shape index (κ2) is 7.39. The summed E-state index contributed by atoms with van der Waals surface area (Å²) in [5.74, 6) is 1.47. The SMILES string of the molecule is COCC(=O)N1CCCN(c2cc(C(C)C)nc3cc(C)nn23)CC1. The highest BCUT2D eigenvalue weighted by molar-refractivity contribution is 5.77. The number of fused-ring (bicyclic) bond motifs is 1. The molecule has 0 aromatic carbocycles. The molecule has 0 saturated carbocycles. The average Bonchev–Trinajstić information content (AvgIpc) is 2.79. The highest BCUT2D eigenvalue weighted by Gasteiger charge is 2.22. The van der Waals surface area contributed by atoms with Crippen molar-refractivity contribution in [2.45, 2.75) is 33.1 Å². The number of hydrogen-bond acceptors (Lipinski definition) is 5. The molecule has 0 unspecified atom stereocenters. The van der Waals surface area contributed by atoms with Crippen LogP contribution in [-0.4, -0.2) is 65.3 Å². The Morgan fingerprint density at radius 1 is 1.24 bits per heavy atom. The molecule has 1 amide bonds. The van der Waals surface area contributed by atoms with Gasteiger partial charge in [-0.2, -0.15) is 9.61 Å². The van der Waals surface area contributed by atoms with Crippen LogP contribution in [0.5, 0.6) is 0 Å². The lowest BCUT2D eigenvalue weighted by Crippen LogP contribution is -2.37. The van der Waals surface area contributed by atoms with Crippen molar-refractivity contribution < 1.29 is 9.53 Å². The van der Waals surface area contributed by atoms with E-state index in [1.165, 1.54) is 0 Å². The average molecular weight is 345 g/mol. The molecule has 0 aliphatic carbocycles. The Kier molecular flexibility index (Phi) is 5.22. The van der Waals surface area contributed by atoms with E-state index in [0.717, 1.165) is 48.9 Å². The van der Waals surface area contributed by atoms with Crippen molar-refractivity contribution in [1.29, 1.82) is 0 Å². The molecule has 7 heteroatoms. The predicted octanol–water partition coefficient (Wildman–Crippen LogP) is 1.85. The van der Waals surface area contributed by atoms with Gasteiger partial charge in [-0.3, -0.25) is 4.79 Å². The monoisotopic (exact) mass is 345 g/mol. The molecule has 2 aromatic heterocycles. The zero-order valence-corrected chi connectivity index (χ0v) is 15.5. The highest BCUT2D eigenvalue weighted by Crippen LogP contribution is 2.23.